The second-order valence-corrected chi connectivity index (χ2v) is 7.48. The lowest BCUT2D eigenvalue weighted by atomic mass is 9.84. The molecule has 2 rings (SSSR count). The van der Waals surface area contributed by atoms with E-state index in [1.54, 1.807) is 0 Å². The number of aromatic nitrogens is 2. The number of nitrogens with one attached hydrogen (secondary N) is 1. The van der Waals surface area contributed by atoms with E-state index in [-0.39, 0.29) is 6.61 Å². The van der Waals surface area contributed by atoms with Crippen LogP contribution in [0.4, 0.5) is 11.8 Å². The van der Waals surface area contributed by atoms with E-state index in [4.69, 9.17) is 10.1 Å². The Morgan fingerprint density at radius 3 is 2.91 bits per heavy atom. The van der Waals surface area contributed by atoms with Crippen molar-refractivity contribution in [2.24, 2.45) is 11.3 Å². The van der Waals surface area contributed by atoms with Crippen molar-refractivity contribution in [2.75, 3.05) is 36.5 Å². The summed E-state index contributed by atoms with van der Waals surface area (Å²) in [6.07, 6.45) is 7.42. The third-order valence-electron chi connectivity index (χ3n) is 4.65. The largest absolute Gasteiger partial charge is 0.396 e. The molecule has 5 nitrogen and oxygen atoms in total. The van der Waals surface area contributed by atoms with Gasteiger partial charge in [-0.2, -0.15) is 4.98 Å². The highest BCUT2D eigenvalue weighted by molar-refractivity contribution is 5.43. The van der Waals surface area contributed by atoms with Gasteiger partial charge in [0.1, 0.15) is 5.82 Å². The minimum absolute atomic E-state index is 0.246. The first-order chi connectivity index (χ1) is 11.0. The highest BCUT2D eigenvalue weighted by Crippen LogP contribution is 2.30. The number of anilines is 2. The summed E-state index contributed by atoms with van der Waals surface area (Å²) in [5.74, 6) is 2.19. The average molecular weight is 320 g/mol. The zero-order valence-corrected chi connectivity index (χ0v) is 14.9. The molecule has 1 aromatic rings. The van der Waals surface area contributed by atoms with E-state index in [9.17, 15) is 0 Å². The molecule has 1 saturated heterocycles. The molecule has 0 amide bonds. The average Bonchev–Trinajstić information content (AvgIpc) is 2.52. The molecule has 0 bridgehead atoms. The van der Waals surface area contributed by atoms with Gasteiger partial charge in [0.05, 0.1) is 0 Å². The monoisotopic (exact) mass is 320 g/mol. The van der Waals surface area contributed by atoms with Crippen LogP contribution in [0.1, 0.15) is 52.9 Å². The molecule has 130 valence electrons. The van der Waals surface area contributed by atoms with Crippen molar-refractivity contribution in [1.29, 1.82) is 0 Å². The summed E-state index contributed by atoms with van der Waals surface area (Å²) in [5, 5.41) is 12.5. The summed E-state index contributed by atoms with van der Waals surface area (Å²) in [6.45, 7) is 10.0. The maximum atomic E-state index is 9.16. The standard InChI is InChI=1S/C18H32N4O/c1-4-6-15(8-12-23)13-20-17-19-10-7-16(21-17)22-11-5-9-18(2,3)14-22/h7,10,15,23H,4-6,8-9,11-14H2,1-3H3,(H,19,20,21). The van der Waals surface area contributed by atoms with Gasteiger partial charge in [-0.05, 0) is 43.1 Å². The molecule has 1 fully saturated rings. The van der Waals surface area contributed by atoms with Crippen molar-refractivity contribution in [3.05, 3.63) is 12.3 Å². The molecule has 1 aromatic heterocycles. The molecular formula is C18H32N4O. The van der Waals surface area contributed by atoms with Crippen LogP contribution in [0.25, 0.3) is 0 Å². The fraction of sp³-hybridized carbons (Fsp3) is 0.778. The molecule has 2 N–H and O–H groups in total. The summed E-state index contributed by atoms with van der Waals surface area (Å²) in [4.78, 5) is 11.4. The van der Waals surface area contributed by atoms with Gasteiger partial charge in [0.15, 0.2) is 0 Å². The fourth-order valence-electron chi connectivity index (χ4n) is 3.40. The lowest BCUT2D eigenvalue weighted by Crippen LogP contribution is -2.40. The van der Waals surface area contributed by atoms with E-state index in [1.165, 1.54) is 12.8 Å². The first-order valence-electron chi connectivity index (χ1n) is 8.97. The van der Waals surface area contributed by atoms with E-state index in [2.05, 4.69) is 36.0 Å². The predicted molar refractivity (Wildman–Crippen MR) is 95.9 cm³/mol. The maximum Gasteiger partial charge on any atom is 0.224 e. The van der Waals surface area contributed by atoms with Crippen LogP contribution in [0.15, 0.2) is 12.3 Å². The second kappa shape index (κ2) is 8.48. The molecule has 2 heterocycles. The van der Waals surface area contributed by atoms with Gasteiger partial charge in [0.2, 0.25) is 5.95 Å². The molecule has 0 radical (unpaired) electrons. The summed E-state index contributed by atoms with van der Waals surface area (Å²) < 4.78 is 0. The predicted octanol–water partition coefficient (Wildman–Crippen LogP) is 3.31. The number of hydrogen-bond acceptors (Lipinski definition) is 5. The third-order valence-corrected chi connectivity index (χ3v) is 4.65. The van der Waals surface area contributed by atoms with Gasteiger partial charge in [0.25, 0.3) is 0 Å². The van der Waals surface area contributed by atoms with Crippen molar-refractivity contribution < 1.29 is 5.11 Å². The molecule has 1 unspecified atom stereocenters. The molecule has 0 saturated carbocycles. The van der Waals surface area contributed by atoms with Crippen molar-refractivity contribution in [1.82, 2.24) is 9.97 Å². The molecular weight excluding hydrogens is 288 g/mol. The van der Waals surface area contributed by atoms with E-state index in [0.29, 0.717) is 17.3 Å². The molecule has 1 aliphatic rings. The fourth-order valence-corrected chi connectivity index (χ4v) is 3.40. The van der Waals surface area contributed by atoms with Gasteiger partial charge in [-0.15, -0.1) is 0 Å². The minimum Gasteiger partial charge on any atom is -0.396 e. The Balaban J connectivity index is 1.96. The molecule has 5 heteroatoms. The quantitative estimate of drug-likeness (QED) is 0.769. The third kappa shape index (κ3) is 5.65. The number of aliphatic hydroxyl groups excluding tert-OH is 1. The first kappa shape index (κ1) is 18.0. The molecule has 0 spiro atoms. The number of nitrogens with zero attached hydrogens (tertiary/aromatic N) is 3. The summed E-state index contributed by atoms with van der Waals surface area (Å²) in [7, 11) is 0. The smallest absolute Gasteiger partial charge is 0.224 e. The van der Waals surface area contributed by atoms with Crippen LogP contribution < -0.4 is 10.2 Å². The van der Waals surface area contributed by atoms with E-state index in [0.717, 1.165) is 44.7 Å². The first-order valence-corrected chi connectivity index (χ1v) is 8.97. The Hall–Kier alpha value is -1.36. The Morgan fingerprint density at radius 1 is 1.39 bits per heavy atom. The summed E-state index contributed by atoms with van der Waals surface area (Å²) >= 11 is 0. The Morgan fingerprint density at radius 2 is 2.22 bits per heavy atom. The van der Waals surface area contributed by atoms with Crippen LogP contribution >= 0.6 is 0 Å². The van der Waals surface area contributed by atoms with Gasteiger partial charge in [-0.25, -0.2) is 4.98 Å². The summed E-state index contributed by atoms with van der Waals surface area (Å²) in [5.41, 5.74) is 0.351. The highest BCUT2D eigenvalue weighted by atomic mass is 16.3. The van der Waals surface area contributed by atoms with Crippen molar-refractivity contribution >= 4 is 11.8 Å². The normalized spacial score (nSPS) is 18.7. The molecule has 1 atom stereocenters. The van der Waals surface area contributed by atoms with Gasteiger partial charge >= 0.3 is 0 Å². The lowest BCUT2D eigenvalue weighted by molar-refractivity contribution is 0.255. The number of rotatable bonds is 8. The van der Waals surface area contributed by atoms with Crippen LogP contribution in [0, 0.1) is 11.3 Å². The van der Waals surface area contributed by atoms with Crippen LogP contribution in [0.3, 0.4) is 0 Å². The van der Waals surface area contributed by atoms with Crippen molar-refractivity contribution in [2.45, 2.75) is 52.9 Å². The molecule has 23 heavy (non-hydrogen) atoms. The van der Waals surface area contributed by atoms with Crippen molar-refractivity contribution in [3.8, 4) is 0 Å². The Kier molecular flexibility index (Phi) is 6.63. The summed E-state index contributed by atoms with van der Waals surface area (Å²) in [6, 6.07) is 2.00. The van der Waals surface area contributed by atoms with Gasteiger partial charge in [-0.1, -0.05) is 27.2 Å². The molecule has 0 aliphatic carbocycles. The van der Waals surface area contributed by atoms with Gasteiger partial charge < -0.3 is 15.3 Å². The van der Waals surface area contributed by atoms with Crippen LogP contribution in [0.5, 0.6) is 0 Å². The van der Waals surface area contributed by atoms with Crippen LogP contribution in [-0.2, 0) is 0 Å². The van der Waals surface area contributed by atoms with E-state index >= 15 is 0 Å². The Bertz CT molecular complexity index is 472. The van der Waals surface area contributed by atoms with Crippen molar-refractivity contribution in [3.63, 3.8) is 0 Å². The number of piperidine rings is 1. The molecule has 0 aromatic carbocycles. The minimum atomic E-state index is 0.246. The second-order valence-electron chi connectivity index (χ2n) is 7.48. The van der Waals surface area contributed by atoms with E-state index < -0.39 is 0 Å². The number of aliphatic hydroxyl groups is 1. The topological polar surface area (TPSA) is 61.3 Å². The zero-order valence-electron chi connectivity index (χ0n) is 14.9. The van der Waals surface area contributed by atoms with E-state index in [1.807, 2.05) is 12.3 Å². The highest BCUT2D eigenvalue weighted by Gasteiger charge is 2.27. The Labute approximate surface area is 140 Å². The SMILES string of the molecule is CCCC(CCO)CNc1nccc(N2CCCC(C)(C)C2)n1. The number of hydrogen-bond donors (Lipinski definition) is 2. The van der Waals surface area contributed by atoms with Crippen LogP contribution in [0.2, 0.25) is 0 Å². The lowest BCUT2D eigenvalue weighted by Gasteiger charge is -2.38. The van der Waals surface area contributed by atoms with Crippen LogP contribution in [-0.4, -0.2) is 41.3 Å². The molecule has 1 aliphatic heterocycles. The zero-order chi connectivity index (χ0) is 16.7. The van der Waals surface area contributed by atoms with Gasteiger partial charge in [-0.3, -0.25) is 0 Å². The van der Waals surface area contributed by atoms with Gasteiger partial charge in [0, 0.05) is 32.4 Å². The maximum absolute atomic E-state index is 9.16.